The van der Waals surface area contributed by atoms with E-state index in [1.54, 1.807) is 19.4 Å². The molecular formula is C24H23N9O. The van der Waals surface area contributed by atoms with Gasteiger partial charge in [-0.3, -0.25) is 9.58 Å². The van der Waals surface area contributed by atoms with Crippen LogP contribution in [0.5, 0.6) is 0 Å². The summed E-state index contributed by atoms with van der Waals surface area (Å²) in [6, 6.07) is 15.6. The van der Waals surface area contributed by atoms with Gasteiger partial charge in [-0.25, -0.2) is 15.4 Å². The van der Waals surface area contributed by atoms with E-state index in [1.807, 2.05) is 67.0 Å². The van der Waals surface area contributed by atoms with Crippen LogP contribution < -0.4 is 10.7 Å². The van der Waals surface area contributed by atoms with Gasteiger partial charge in [-0.1, -0.05) is 18.2 Å². The second-order valence-corrected chi connectivity index (χ2v) is 8.34. The van der Waals surface area contributed by atoms with Gasteiger partial charge in [0, 0.05) is 5.56 Å². The molecule has 0 bridgehead atoms. The Bertz CT molecular complexity index is 1440. The number of aliphatic hydroxyl groups excluding tert-OH is 1. The van der Waals surface area contributed by atoms with E-state index < -0.39 is 11.8 Å². The zero-order valence-corrected chi connectivity index (χ0v) is 18.9. The summed E-state index contributed by atoms with van der Waals surface area (Å²) in [5.41, 5.74) is 7.66. The minimum absolute atomic E-state index is 0.357. The molecule has 2 atom stereocenters. The van der Waals surface area contributed by atoms with Gasteiger partial charge >= 0.3 is 0 Å². The van der Waals surface area contributed by atoms with Crippen LogP contribution >= 0.6 is 0 Å². The fraction of sp³-hybridized carbons (Fsp3) is 0.208. The SMILES string of the molecule is Cc1ccc(Nc2cnc3c(c2)ncn3-c2ccccc2C2(C)C=C(C#N)N(C(C)O)N2)nn1. The Labute approximate surface area is 196 Å². The number of allylic oxidation sites excluding steroid dienone is 1. The number of hydrogen-bond donors (Lipinski definition) is 3. The van der Waals surface area contributed by atoms with Crippen LogP contribution in [-0.4, -0.2) is 41.1 Å². The van der Waals surface area contributed by atoms with Crippen LogP contribution in [0.3, 0.4) is 0 Å². The van der Waals surface area contributed by atoms with Crippen LogP contribution in [0.25, 0.3) is 16.9 Å². The van der Waals surface area contributed by atoms with Crippen molar-refractivity contribution >= 4 is 22.7 Å². The van der Waals surface area contributed by atoms with Crippen molar-refractivity contribution in [2.75, 3.05) is 5.32 Å². The summed E-state index contributed by atoms with van der Waals surface area (Å²) in [7, 11) is 0. The first-order valence-electron chi connectivity index (χ1n) is 10.8. The summed E-state index contributed by atoms with van der Waals surface area (Å²) in [4.78, 5) is 9.21. The Kier molecular flexibility index (Phi) is 5.20. The number of hydrogen-bond acceptors (Lipinski definition) is 9. The average molecular weight is 454 g/mol. The number of anilines is 2. The molecule has 0 aliphatic carbocycles. The molecule has 1 aliphatic rings. The third-order valence-electron chi connectivity index (χ3n) is 5.71. The van der Waals surface area contributed by atoms with Gasteiger partial charge in [0.1, 0.15) is 29.8 Å². The molecular weight excluding hydrogens is 430 g/mol. The Morgan fingerprint density at radius 1 is 1.18 bits per heavy atom. The number of benzene rings is 1. The van der Waals surface area contributed by atoms with Gasteiger partial charge < -0.3 is 10.4 Å². The molecule has 1 aliphatic heterocycles. The van der Waals surface area contributed by atoms with E-state index in [0.29, 0.717) is 22.7 Å². The largest absolute Gasteiger partial charge is 0.372 e. The molecule has 0 saturated carbocycles. The molecule has 2 unspecified atom stereocenters. The maximum Gasteiger partial charge on any atom is 0.164 e. The molecule has 4 heterocycles. The lowest BCUT2D eigenvalue weighted by atomic mass is 9.91. The standard InChI is InChI=1S/C24H23N9O/c1-15-8-9-22(30-29-15)28-17-10-20-23(26-13-17)32(14-27-20)21-7-5-4-6-19(21)24(3)11-18(12-25)33(31-24)16(2)34/h4-11,13-14,16,31,34H,1-3H3,(H,28,30). The van der Waals surface area contributed by atoms with Crippen LogP contribution in [-0.2, 0) is 5.54 Å². The average Bonchev–Trinajstić information content (AvgIpc) is 3.42. The maximum absolute atomic E-state index is 10.1. The first kappa shape index (κ1) is 21.5. The molecule has 5 rings (SSSR count). The van der Waals surface area contributed by atoms with Crippen molar-refractivity contribution in [3.63, 3.8) is 0 Å². The number of para-hydroxylation sites is 1. The lowest BCUT2D eigenvalue weighted by molar-refractivity contribution is 0.00590. The van der Waals surface area contributed by atoms with Crippen LogP contribution in [0.4, 0.5) is 11.5 Å². The van der Waals surface area contributed by atoms with Crippen molar-refractivity contribution in [2.45, 2.75) is 32.5 Å². The number of aliphatic hydroxyl groups is 1. The zero-order chi connectivity index (χ0) is 23.9. The summed E-state index contributed by atoms with van der Waals surface area (Å²) >= 11 is 0. The summed E-state index contributed by atoms with van der Waals surface area (Å²) in [5, 5.41) is 32.5. The van der Waals surface area contributed by atoms with Gasteiger partial charge in [0.05, 0.1) is 28.8 Å². The molecule has 170 valence electrons. The molecule has 34 heavy (non-hydrogen) atoms. The Morgan fingerprint density at radius 2 is 2.00 bits per heavy atom. The molecule has 4 aromatic rings. The van der Waals surface area contributed by atoms with Crippen molar-refractivity contribution in [3.8, 4) is 11.8 Å². The number of hydrazine groups is 1. The van der Waals surface area contributed by atoms with Gasteiger partial charge in [-0.15, -0.1) is 5.10 Å². The lowest BCUT2D eigenvalue weighted by Gasteiger charge is -2.31. The molecule has 0 amide bonds. The first-order chi connectivity index (χ1) is 16.4. The number of aromatic nitrogens is 5. The van der Waals surface area contributed by atoms with Crippen molar-refractivity contribution < 1.29 is 5.11 Å². The molecule has 0 radical (unpaired) electrons. The normalized spacial score (nSPS) is 18.6. The number of imidazole rings is 1. The summed E-state index contributed by atoms with van der Waals surface area (Å²) < 4.78 is 1.91. The summed E-state index contributed by atoms with van der Waals surface area (Å²) in [6.07, 6.45) is 4.41. The van der Waals surface area contributed by atoms with Gasteiger partial charge in [0.2, 0.25) is 0 Å². The quantitative estimate of drug-likeness (QED) is 0.418. The number of pyridine rings is 1. The fourth-order valence-corrected chi connectivity index (χ4v) is 4.09. The molecule has 0 fully saturated rings. The number of nitrogens with one attached hydrogen (secondary N) is 2. The van der Waals surface area contributed by atoms with Crippen molar-refractivity contribution in [1.29, 1.82) is 5.26 Å². The van der Waals surface area contributed by atoms with E-state index in [0.717, 1.165) is 22.6 Å². The van der Waals surface area contributed by atoms with E-state index in [1.165, 1.54) is 5.01 Å². The van der Waals surface area contributed by atoms with Crippen LogP contribution in [0.1, 0.15) is 25.1 Å². The van der Waals surface area contributed by atoms with E-state index in [2.05, 4.69) is 37.0 Å². The summed E-state index contributed by atoms with van der Waals surface area (Å²) in [6.45, 7) is 5.45. The second-order valence-electron chi connectivity index (χ2n) is 8.34. The van der Waals surface area contributed by atoms with Crippen LogP contribution in [0.15, 0.2) is 66.8 Å². The molecule has 0 spiro atoms. The van der Waals surface area contributed by atoms with E-state index in [9.17, 15) is 10.4 Å². The highest BCUT2D eigenvalue weighted by atomic mass is 16.3. The third-order valence-corrected chi connectivity index (χ3v) is 5.71. The molecule has 3 N–H and O–H groups in total. The number of nitriles is 1. The lowest BCUT2D eigenvalue weighted by Crippen LogP contribution is -2.47. The molecule has 0 saturated heterocycles. The Balaban J connectivity index is 1.53. The number of nitrogens with zero attached hydrogens (tertiary/aromatic N) is 7. The predicted molar refractivity (Wildman–Crippen MR) is 127 cm³/mol. The number of rotatable bonds is 5. The number of aryl methyl sites for hydroxylation is 1. The third kappa shape index (κ3) is 3.73. The van der Waals surface area contributed by atoms with Crippen LogP contribution in [0, 0.1) is 18.3 Å². The highest BCUT2D eigenvalue weighted by Gasteiger charge is 2.38. The van der Waals surface area contributed by atoms with Crippen LogP contribution in [0.2, 0.25) is 0 Å². The molecule has 1 aromatic carbocycles. The van der Waals surface area contributed by atoms with Crippen molar-refractivity contribution in [2.24, 2.45) is 0 Å². The van der Waals surface area contributed by atoms with E-state index in [4.69, 9.17) is 0 Å². The Hall–Kier alpha value is -4.33. The van der Waals surface area contributed by atoms with E-state index in [-0.39, 0.29) is 0 Å². The highest BCUT2D eigenvalue weighted by Crippen LogP contribution is 2.35. The maximum atomic E-state index is 10.1. The van der Waals surface area contributed by atoms with Gasteiger partial charge in [-0.05, 0) is 51.1 Å². The van der Waals surface area contributed by atoms with Gasteiger partial charge in [0.25, 0.3) is 0 Å². The van der Waals surface area contributed by atoms with Crippen molar-refractivity contribution in [3.05, 3.63) is 78.0 Å². The molecule has 10 heteroatoms. The van der Waals surface area contributed by atoms with Gasteiger partial charge in [-0.2, -0.15) is 10.4 Å². The van der Waals surface area contributed by atoms with E-state index >= 15 is 0 Å². The highest BCUT2D eigenvalue weighted by molar-refractivity contribution is 5.78. The van der Waals surface area contributed by atoms with Gasteiger partial charge in [0.15, 0.2) is 11.5 Å². The first-order valence-corrected chi connectivity index (χ1v) is 10.8. The Morgan fingerprint density at radius 3 is 2.71 bits per heavy atom. The second kappa shape index (κ2) is 8.22. The monoisotopic (exact) mass is 453 g/mol. The zero-order valence-electron chi connectivity index (χ0n) is 18.9. The topological polar surface area (TPSA) is 128 Å². The fourth-order valence-electron chi connectivity index (χ4n) is 4.09. The minimum atomic E-state index is -0.861. The minimum Gasteiger partial charge on any atom is -0.372 e. The number of fused-ring (bicyclic) bond motifs is 1. The smallest absolute Gasteiger partial charge is 0.164 e. The molecule has 10 nitrogen and oxygen atoms in total. The van der Waals surface area contributed by atoms with Crippen molar-refractivity contribution in [1.82, 2.24) is 35.2 Å². The molecule has 3 aromatic heterocycles. The summed E-state index contributed by atoms with van der Waals surface area (Å²) in [5.74, 6) is 0.625. The predicted octanol–water partition coefficient (Wildman–Crippen LogP) is 3.04.